The Morgan fingerprint density at radius 3 is 2.29 bits per heavy atom. The van der Waals surface area contributed by atoms with Gasteiger partial charge in [0.05, 0.1) is 14.2 Å². The first-order valence-corrected chi connectivity index (χ1v) is 5.12. The third-order valence-corrected chi connectivity index (χ3v) is 2.68. The Labute approximate surface area is 98.8 Å². The second-order valence-electron chi connectivity index (χ2n) is 3.80. The highest BCUT2D eigenvalue weighted by Crippen LogP contribution is 2.31. The fourth-order valence-corrected chi connectivity index (χ4v) is 1.85. The van der Waals surface area contributed by atoms with Gasteiger partial charge in [0.1, 0.15) is 5.75 Å². The summed E-state index contributed by atoms with van der Waals surface area (Å²) in [5, 5.41) is 0. The minimum absolute atomic E-state index is 0.0460. The summed E-state index contributed by atoms with van der Waals surface area (Å²) >= 11 is 0. The largest absolute Gasteiger partial charge is 0.496 e. The van der Waals surface area contributed by atoms with Gasteiger partial charge in [-0.25, -0.2) is 0 Å². The Morgan fingerprint density at radius 2 is 1.71 bits per heavy atom. The van der Waals surface area contributed by atoms with Crippen LogP contribution in [-0.4, -0.2) is 25.8 Å². The molecule has 0 saturated carbocycles. The van der Waals surface area contributed by atoms with Crippen molar-refractivity contribution in [1.29, 1.82) is 0 Å². The van der Waals surface area contributed by atoms with E-state index >= 15 is 0 Å². The molecule has 0 heterocycles. The number of carbonyl (C=O) groups is 2. The van der Waals surface area contributed by atoms with Gasteiger partial charge in [0, 0.05) is 11.1 Å². The minimum atomic E-state index is -0.618. The van der Waals surface area contributed by atoms with Gasteiger partial charge in [-0.3, -0.25) is 9.59 Å². The molecule has 0 radical (unpaired) electrons. The minimum Gasteiger partial charge on any atom is -0.496 e. The molecule has 0 bridgehead atoms. The predicted octanol–water partition coefficient (Wildman–Crippen LogP) is 1.76. The Bertz CT molecular complexity index is 541. The number of allylic oxidation sites excluding steroid dienone is 1. The summed E-state index contributed by atoms with van der Waals surface area (Å²) in [5.41, 5.74) is 1.84. The van der Waals surface area contributed by atoms with Crippen LogP contribution in [0.2, 0.25) is 0 Å². The van der Waals surface area contributed by atoms with Crippen molar-refractivity contribution in [2.75, 3.05) is 14.2 Å². The van der Waals surface area contributed by atoms with Crippen molar-refractivity contribution in [2.45, 2.75) is 6.92 Å². The summed E-state index contributed by atoms with van der Waals surface area (Å²) in [6, 6.07) is 3.49. The lowest BCUT2D eigenvalue weighted by Gasteiger charge is -2.16. The first-order chi connectivity index (χ1) is 8.08. The molecule has 0 amide bonds. The lowest BCUT2D eigenvalue weighted by Crippen LogP contribution is -2.22. The smallest absolute Gasteiger partial charge is 0.267 e. The van der Waals surface area contributed by atoms with Gasteiger partial charge in [-0.2, -0.15) is 0 Å². The number of hydrogen-bond donors (Lipinski definition) is 0. The monoisotopic (exact) mass is 232 g/mol. The van der Waals surface area contributed by atoms with Crippen LogP contribution < -0.4 is 4.74 Å². The number of methoxy groups -OCH3 is 2. The number of carbonyl (C=O) groups excluding carboxylic acids is 2. The molecule has 0 atom stereocenters. The molecule has 1 aliphatic rings. The van der Waals surface area contributed by atoms with E-state index in [1.165, 1.54) is 20.3 Å². The Balaban J connectivity index is 2.73. The van der Waals surface area contributed by atoms with Crippen LogP contribution in [0.4, 0.5) is 0 Å². The number of Topliss-reactive ketones (excluding diaryl/α,β-unsaturated/α-hetero) is 2. The van der Waals surface area contributed by atoms with Gasteiger partial charge in [0.25, 0.3) is 5.78 Å². The number of fused-ring (bicyclic) bond motifs is 1. The fourth-order valence-electron chi connectivity index (χ4n) is 1.85. The number of rotatable bonds is 2. The number of benzene rings is 1. The maximum absolute atomic E-state index is 11.9. The normalized spacial score (nSPS) is 14.2. The fraction of sp³-hybridized carbons (Fsp3) is 0.231. The molecule has 0 aromatic heterocycles. The molecule has 4 heteroatoms. The molecular formula is C13H12O4. The van der Waals surface area contributed by atoms with Crippen molar-refractivity contribution in [3.05, 3.63) is 34.6 Å². The molecule has 0 saturated heterocycles. The van der Waals surface area contributed by atoms with Gasteiger partial charge >= 0.3 is 0 Å². The standard InChI is InChI=1S/C13H12O4/c1-7-4-9-8(10(5-7)16-2)6-11(17-3)13(15)12(9)14/h4-6H,1-3H3. The second-order valence-corrected chi connectivity index (χ2v) is 3.80. The van der Waals surface area contributed by atoms with Gasteiger partial charge in [-0.05, 0) is 30.7 Å². The molecule has 0 fully saturated rings. The van der Waals surface area contributed by atoms with Gasteiger partial charge in [-0.1, -0.05) is 0 Å². The van der Waals surface area contributed by atoms with Gasteiger partial charge in [0.2, 0.25) is 5.78 Å². The highest BCUT2D eigenvalue weighted by atomic mass is 16.5. The molecular weight excluding hydrogens is 220 g/mol. The van der Waals surface area contributed by atoms with Crippen molar-refractivity contribution in [1.82, 2.24) is 0 Å². The van der Waals surface area contributed by atoms with E-state index < -0.39 is 11.6 Å². The highest BCUT2D eigenvalue weighted by Gasteiger charge is 2.30. The summed E-state index contributed by atoms with van der Waals surface area (Å²) in [5.74, 6) is -0.561. The van der Waals surface area contributed by atoms with E-state index in [9.17, 15) is 9.59 Å². The number of hydrogen-bond acceptors (Lipinski definition) is 4. The Kier molecular flexibility index (Phi) is 2.71. The lowest BCUT2D eigenvalue weighted by molar-refractivity contribution is -0.114. The van der Waals surface area contributed by atoms with Gasteiger partial charge < -0.3 is 9.47 Å². The van der Waals surface area contributed by atoms with Crippen LogP contribution in [0.25, 0.3) is 6.08 Å². The van der Waals surface area contributed by atoms with Gasteiger partial charge in [-0.15, -0.1) is 0 Å². The average molecular weight is 232 g/mol. The van der Waals surface area contributed by atoms with E-state index in [1.54, 1.807) is 6.07 Å². The predicted molar refractivity (Wildman–Crippen MR) is 62.1 cm³/mol. The Morgan fingerprint density at radius 1 is 1.00 bits per heavy atom. The van der Waals surface area contributed by atoms with E-state index in [2.05, 4.69) is 0 Å². The zero-order chi connectivity index (χ0) is 12.6. The topological polar surface area (TPSA) is 52.6 Å². The average Bonchev–Trinajstić information content (AvgIpc) is 2.33. The van der Waals surface area contributed by atoms with Crippen molar-refractivity contribution in [3.8, 4) is 5.75 Å². The first-order valence-electron chi connectivity index (χ1n) is 5.12. The first kappa shape index (κ1) is 11.4. The van der Waals surface area contributed by atoms with Crippen LogP contribution >= 0.6 is 0 Å². The van der Waals surface area contributed by atoms with Crippen molar-refractivity contribution < 1.29 is 19.1 Å². The summed E-state index contributed by atoms with van der Waals surface area (Å²) in [6.07, 6.45) is 1.54. The molecule has 88 valence electrons. The summed E-state index contributed by atoms with van der Waals surface area (Å²) in [6.45, 7) is 1.84. The van der Waals surface area contributed by atoms with Crippen LogP contribution in [0.1, 0.15) is 21.5 Å². The van der Waals surface area contributed by atoms with Crippen LogP contribution in [0.3, 0.4) is 0 Å². The van der Waals surface area contributed by atoms with Crippen LogP contribution in [0, 0.1) is 6.92 Å². The number of ether oxygens (including phenoxy) is 2. The third kappa shape index (κ3) is 1.71. The Hall–Kier alpha value is -2.10. The number of ketones is 2. The quantitative estimate of drug-likeness (QED) is 0.729. The van der Waals surface area contributed by atoms with Crippen LogP contribution in [0.15, 0.2) is 17.9 Å². The van der Waals surface area contributed by atoms with Crippen molar-refractivity contribution in [2.24, 2.45) is 0 Å². The molecule has 4 nitrogen and oxygen atoms in total. The molecule has 0 N–H and O–H groups in total. The molecule has 1 aromatic carbocycles. The second kappa shape index (κ2) is 4.05. The molecule has 17 heavy (non-hydrogen) atoms. The molecule has 0 aliphatic heterocycles. The van der Waals surface area contributed by atoms with Crippen molar-refractivity contribution in [3.63, 3.8) is 0 Å². The zero-order valence-electron chi connectivity index (χ0n) is 9.87. The maximum atomic E-state index is 11.9. The molecule has 0 unspecified atom stereocenters. The summed E-state index contributed by atoms with van der Waals surface area (Å²) in [7, 11) is 2.89. The molecule has 0 spiro atoms. The van der Waals surface area contributed by atoms with E-state index in [4.69, 9.17) is 9.47 Å². The van der Waals surface area contributed by atoms with E-state index in [1.807, 2.05) is 13.0 Å². The number of aryl methyl sites for hydroxylation is 1. The van der Waals surface area contributed by atoms with Crippen LogP contribution in [0.5, 0.6) is 5.75 Å². The van der Waals surface area contributed by atoms with Crippen LogP contribution in [-0.2, 0) is 9.53 Å². The van der Waals surface area contributed by atoms with E-state index in [0.717, 1.165) is 5.56 Å². The van der Waals surface area contributed by atoms with Crippen molar-refractivity contribution >= 4 is 17.6 Å². The van der Waals surface area contributed by atoms with E-state index in [-0.39, 0.29) is 5.76 Å². The highest BCUT2D eigenvalue weighted by molar-refractivity contribution is 6.51. The van der Waals surface area contributed by atoms with E-state index in [0.29, 0.717) is 16.9 Å². The van der Waals surface area contributed by atoms with Gasteiger partial charge in [0.15, 0.2) is 5.76 Å². The molecule has 1 aromatic rings. The zero-order valence-corrected chi connectivity index (χ0v) is 9.87. The SMILES string of the molecule is COC1=Cc2c(OC)cc(C)cc2C(=O)C1=O. The molecule has 1 aliphatic carbocycles. The maximum Gasteiger partial charge on any atom is 0.267 e. The summed E-state index contributed by atoms with van der Waals surface area (Å²) < 4.78 is 10.1. The molecule has 2 rings (SSSR count). The summed E-state index contributed by atoms with van der Waals surface area (Å²) in [4.78, 5) is 23.5. The third-order valence-electron chi connectivity index (χ3n) is 2.68. The lowest BCUT2D eigenvalue weighted by atomic mass is 9.92.